The third-order valence-electron chi connectivity index (χ3n) is 4.99. The lowest BCUT2D eigenvalue weighted by Crippen LogP contribution is -2.50. The molecule has 0 spiro atoms. The van der Waals surface area contributed by atoms with Gasteiger partial charge in [-0.2, -0.15) is 5.10 Å². The Morgan fingerprint density at radius 1 is 1.27 bits per heavy atom. The highest BCUT2D eigenvalue weighted by molar-refractivity contribution is 5.80. The molecule has 8 nitrogen and oxygen atoms in total. The Balaban J connectivity index is 1.41. The van der Waals surface area contributed by atoms with Crippen LogP contribution in [-0.4, -0.2) is 66.1 Å². The fourth-order valence-electron chi connectivity index (χ4n) is 3.35. The fraction of sp³-hybridized carbons (Fsp3) is 0.476. The number of nitrogens with one attached hydrogen (secondary N) is 2. The lowest BCUT2D eigenvalue weighted by molar-refractivity contribution is 0.0963. The molecule has 0 atom stereocenters. The van der Waals surface area contributed by atoms with Gasteiger partial charge in [0.25, 0.3) is 0 Å². The number of likely N-dealkylation sites (tertiary alicyclic amines) is 1. The van der Waals surface area contributed by atoms with E-state index in [9.17, 15) is 9.18 Å². The second-order valence-corrected chi connectivity index (χ2v) is 7.08. The maximum Gasteiger partial charge on any atom is 0.409 e. The standard InChI is InChI=1S/C21H29FN6O2/c1-3-30-21(29)27-13-9-17(10-14-27)25-20(23-2)24-12-8-18-11-15-28(26-18)19-6-4-16(22)5-7-19/h4-7,11,15,17H,3,8-10,12-14H2,1-2H3,(H2,23,24,25). The van der Waals surface area contributed by atoms with E-state index >= 15 is 0 Å². The average Bonchev–Trinajstić information content (AvgIpc) is 3.23. The zero-order valence-corrected chi connectivity index (χ0v) is 17.5. The fourth-order valence-corrected chi connectivity index (χ4v) is 3.35. The predicted molar refractivity (Wildman–Crippen MR) is 113 cm³/mol. The number of rotatable bonds is 6. The molecule has 162 valence electrons. The van der Waals surface area contributed by atoms with Crippen LogP contribution < -0.4 is 10.6 Å². The number of carbonyl (C=O) groups excluding carboxylic acids is 1. The highest BCUT2D eigenvalue weighted by atomic mass is 19.1. The van der Waals surface area contributed by atoms with E-state index in [2.05, 4.69) is 20.7 Å². The maximum absolute atomic E-state index is 13.1. The predicted octanol–water partition coefficient (Wildman–Crippen LogP) is 2.34. The van der Waals surface area contributed by atoms with Gasteiger partial charge in [0, 0.05) is 45.3 Å². The van der Waals surface area contributed by atoms with Gasteiger partial charge in [-0.15, -0.1) is 0 Å². The van der Waals surface area contributed by atoms with E-state index in [1.807, 2.05) is 19.2 Å². The summed E-state index contributed by atoms with van der Waals surface area (Å²) >= 11 is 0. The van der Waals surface area contributed by atoms with Crippen LogP contribution in [0.3, 0.4) is 0 Å². The smallest absolute Gasteiger partial charge is 0.409 e. The summed E-state index contributed by atoms with van der Waals surface area (Å²) in [5.41, 5.74) is 1.76. The topological polar surface area (TPSA) is 83.8 Å². The van der Waals surface area contributed by atoms with Gasteiger partial charge in [0.05, 0.1) is 18.0 Å². The van der Waals surface area contributed by atoms with Crippen LogP contribution in [-0.2, 0) is 11.2 Å². The van der Waals surface area contributed by atoms with Crippen LogP contribution in [0, 0.1) is 5.82 Å². The van der Waals surface area contributed by atoms with Crippen molar-refractivity contribution >= 4 is 12.1 Å². The normalized spacial score (nSPS) is 15.2. The number of carbonyl (C=O) groups is 1. The average molecular weight is 417 g/mol. The van der Waals surface area contributed by atoms with E-state index in [4.69, 9.17) is 4.74 Å². The molecule has 0 aliphatic carbocycles. The van der Waals surface area contributed by atoms with Crippen molar-refractivity contribution in [3.63, 3.8) is 0 Å². The number of aliphatic imine (C=N–C) groups is 1. The molecule has 0 bridgehead atoms. The number of hydrogen-bond donors (Lipinski definition) is 2. The van der Waals surface area contributed by atoms with Crippen molar-refractivity contribution in [2.45, 2.75) is 32.2 Å². The molecule has 1 aliphatic heterocycles. The van der Waals surface area contributed by atoms with Gasteiger partial charge in [0.15, 0.2) is 5.96 Å². The van der Waals surface area contributed by atoms with Gasteiger partial charge in [0.1, 0.15) is 5.82 Å². The highest BCUT2D eigenvalue weighted by Gasteiger charge is 2.24. The lowest BCUT2D eigenvalue weighted by Gasteiger charge is -2.32. The second-order valence-electron chi connectivity index (χ2n) is 7.08. The molecule has 1 aliphatic rings. The first-order valence-corrected chi connectivity index (χ1v) is 10.3. The molecule has 1 saturated heterocycles. The van der Waals surface area contributed by atoms with E-state index in [-0.39, 0.29) is 18.0 Å². The minimum absolute atomic E-state index is 0.237. The maximum atomic E-state index is 13.1. The van der Waals surface area contributed by atoms with Gasteiger partial charge < -0.3 is 20.3 Å². The third kappa shape index (κ3) is 5.95. The lowest BCUT2D eigenvalue weighted by atomic mass is 10.1. The summed E-state index contributed by atoms with van der Waals surface area (Å²) in [5.74, 6) is 0.475. The second kappa shape index (κ2) is 10.6. The Hall–Kier alpha value is -3.10. The van der Waals surface area contributed by atoms with E-state index in [1.54, 1.807) is 28.8 Å². The molecule has 30 heavy (non-hydrogen) atoms. The summed E-state index contributed by atoms with van der Waals surface area (Å²) in [6.07, 6.45) is 4.06. The minimum atomic E-state index is -0.263. The van der Waals surface area contributed by atoms with Gasteiger partial charge in [-0.05, 0) is 50.1 Å². The van der Waals surface area contributed by atoms with E-state index in [0.717, 1.165) is 36.6 Å². The van der Waals surface area contributed by atoms with Gasteiger partial charge in [-0.3, -0.25) is 4.99 Å². The van der Waals surface area contributed by atoms with Crippen LogP contribution in [0.2, 0.25) is 0 Å². The Morgan fingerprint density at radius 3 is 2.67 bits per heavy atom. The summed E-state index contributed by atoms with van der Waals surface area (Å²) in [4.78, 5) is 17.8. The number of guanidine groups is 1. The molecule has 0 radical (unpaired) electrons. The molecule has 0 unspecified atom stereocenters. The first kappa shape index (κ1) is 21.6. The van der Waals surface area contributed by atoms with Crippen LogP contribution in [0.1, 0.15) is 25.5 Å². The highest BCUT2D eigenvalue weighted by Crippen LogP contribution is 2.12. The van der Waals surface area contributed by atoms with Crippen molar-refractivity contribution in [2.24, 2.45) is 4.99 Å². The Labute approximate surface area is 176 Å². The molecule has 1 amide bonds. The third-order valence-corrected chi connectivity index (χ3v) is 4.99. The van der Waals surface area contributed by atoms with Crippen LogP contribution in [0.15, 0.2) is 41.5 Å². The molecular weight excluding hydrogens is 387 g/mol. The number of aromatic nitrogens is 2. The summed E-state index contributed by atoms with van der Waals surface area (Å²) < 4.78 is 19.8. The first-order valence-electron chi connectivity index (χ1n) is 10.3. The van der Waals surface area contributed by atoms with Crippen molar-refractivity contribution in [3.8, 4) is 5.69 Å². The van der Waals surface area contributed by atoms with Crippen molar-refractivity contribution in [2.75, 3.05) is 33.3 Å². The van der Waals surface area contributed by atoms with Gasteiger partial charge >= 0.3 is 6.09 Å². The van der Waals surface area contributed by atoms with Crippen molar-refractivity contribution in [1.29, 1.82) is 0 Å². The Kier molecular flexibility index (Phi) is 7.64. The van der Waals surface area contributed by atoms with E-state index in [0.29, 0.717) is 26.2 Å². The van der Waals surface area contributed by atoms with Gasteiger partial charge in [-0.25, -0.2) is 13.9 Å². The first-order chi connectivity index (χ1) is 14.6. The van der Waals surface area contributed by atoms with Crippen LogP contribution in [0.5, 0.6) is 0 Å². The molecule has 1 aromatic carbocycles. The summed E-state index contributed by atoms with van der Waals surface area (Å²) in [6.45, 7) is 4.25. The SMILES string of the molecule is CCOC(=O)N1CCC(NC(=NC)NCCc2ccn(-c3ccc(F)cc3)n2)CC1. The molecule has 2 N–H and O–H groups in total. The molecule has 0 saturated carbocycles. The molecule has 1 fully saturated rings. The Bertz CT molecular complexity index is 843. The zero-order valence-electron chi connectivity index (χ0n) is 17.5. The number of halogens is 1. The van der Waals surface area contributed by atoms with Gasteiger partial charge in [0.2, 0.25) is 0 Å². The molecule has 1 aromatic heterocycles. The Morgan fingerprint density at radius 2 is 2.00 bits per heavy atom. The van der Waals surface area contributed by atoms with Crippen LogP contribution >= 0.6 is 0 Å². The minimum Gasteiger partial charge on any atom is -0.450 e. The molecule has 3 rings (SSSR count). The monoisotopic (exact) mass is 416 g/mol. The summed E-state index contributed by atoms with van der Waals surface area (Å²) in [6, 6.07) is 8.45. The number of nitrogens with zero attached hydrogens (tertiary/aromatic N) is 4. The molecule has 2 heterocycles. The van der Waals surface area contributed by atoms with Crippen molar-refractivity contribution in [3.05, 3.63) is 48.0 Å². The van der Waals surface area contributed by atoms with E-state index < -0.39 is 0 Å². The van der Waals surface area contributed by atoms with Crippen LogP contribution in [0.25, 0.3) is 5.69 Å². The number of hydrogen-bond acceptors (Lipinski definition) is 4. The number of piperidine rings is 1. The summed E-state index contributed by atoms with van der Waals surface area (Å²) in [5, 5.41) is 11.3. The number of amides is 1. The quantitative estimate of drug-likeness (QED) is 0.558. The zero-order chi connectivity index (χ0) is 21.3. The summed E-state index contributed by atoms with van der Waals surface area (Å²) in [7, 11) is 1.74. The largest absolute Gasteiger partial charge is 0.450 e. The van der Waals surface area contributed by atoms with Crippen molar-refractivity contribution < 1.29 is 13.9 Å². The molecular formula is C21H29FN6O2. The number of benzene rings is 1. The van der Waals surface area contributed by atoms with E-state index in [1.165, 1.54) is 12.1 Å². The van der Waals surface area contributed by atoms with Gasteiger partial charge in [-0.1, -0.05) is 0 Å². The van der Waals surface area contributed by atoms with Crippen LogP contribution in [0.4, 0.5) is 9.18 Å². The van der Waals surface area contributed by atoms with Crippen molar-refractivity contribution in [1.82, 2.24) is 25.3 Å². The number of ether oxygens (including phenoxy) is 1. The molecule has 9 heteroatoms. The molecule has 2 aromatic rings.